The van der Waals surface area contributed by atoms with Gasteiger partial charge in [-0.15, -0.1) is 21.9 Å². The highest BCUT2D eigenvalue weighted by Gasteiger charge is 1.93. The Balaban J connectivity index is 3.28. The molecule has 1 aromatic rings. The van der Waals surface area contributed by atoms with Gasteiger partial charge in [0.1, 0.15) is 31.4 Å². The van der Waals surface area contributed by atoms with Gasteiger partial charge >= 0.3 is 0 Å². The van der Waals surface area contributed by atoms with Gasteiger partial charge in [0, 0.05) is 0 Å². The summed E-state index contributed by atoms with van der Waals surface area (Å²) in [6, 6.07) is 3.09. The Kier molecular flexibility index (Phi) is 1.98. The summed E-state index contributed by atoms with van der Waals surface area (Å²) in [6.07, 6.45) is 0. The lowest BCUT2D eigenvalue weighted by molar-refractivity contribution is 1.98. The molecule has 0 amide bonds. The van der Waals surface area contributed by atoms with Crippen LogP contribution >= 0.6 is 0 Å². The van der Waals surface area contributed by atoms with Crippen molar-refractivity contribution >= 4 is 53.2 Å². The molecule has 0 nitrogen and oxygen atoms in total. The van der Waals surface area contributed by atoms with E-state index >= 15 is 0 Å². The van der Waals surface area contributed by atoms with Gasteiger partial charge in [-0.05, 0) is 0 Å². The molecule has 0 aliphatic rings. The largest absolute Gasteiger partial charge is 0.112 e. The molecule has 4 heteroatoms. The monoisotopic (exact) mass is 118 g/mol. The summed E-state index contributed by atoms with van der Waals surface area (Å²) in [7, 11) is 21.7. The van der Waals surface area contributed by atoms with Gasteiger partial charge in [0.15, 0.2) is 0 Å². The van der Waals surface area contributed by atoms with Crippen molar-refractivity contribution in [3.8, 4) is 0 Å². The maximum Gasteiger partial charge on any atom is 0.112 e. The predicted molar refractivity (Wildman–Crippen MR) is 48.0 cm³/mol. The molecule has 0 atom stereocenters. The number of hydrogen-bond acceptors (Lipinski definition) is 0. The van der Waals surface area contributed by atoms with E-state index in [1.165, 1.54) is 0 Å². The van der Waals surface area contributed by atoms with E-state index in [0.717, 1.165) is 0 Å². The van der Waals surface area contributed by atoms with Crippen molar-refractivity contribution < 1.29 is 0 Å². The normalized spacial score (nSPS) is 9.60. The molecular formula is C6H2B4. The van der Waals surface area contributed by atoms with Crippen LogP contribution in [0.2, 0.25) is 0 Å². The van der Waals surface area contributed by atoms with Crippen molar-refractivity contribution in [1.29, 1.82) is 0 Å². The van der Waals surface area contributed by atoms with Crippen molar-refractivity contribution in [1.82, 2.24) is 0 Å². The zero-order chi connectivity index (χ0) is 7.72. The van der Waals surface area contributed by atoms with Gasteiger partial charge in [0.25, 0.3) is 0 Å². The minimum atomic E-state index is 0.465. The second-order valence-corrected chi connectivity index (χ2v) is 2.11. The molecule has 8 radical (unpaired) electrons. The Hall–Kier alpha value is -0.520. The minimum absolute atomic E-state index is 0.465. The van der Waals surface area contributed by atoms with Crippen LogP contribution in [0.1, 0.15) is 0 Å². The van der Waals surface area contributed by atoms with E-state index in [4.69, 9.17) is 31.4 Å². The van der Waals surface area contributed by atoms with Crippen LogP contribution in [-0.4, -0.2) is 31.4 Å². The summed E-state index contributed by atoms with van der Waals surface area (Å²) < 4.78 is 0. The van der Waals surface area contributed by atoms with Gasteiger partial charge in [-0.25, -0.2) is 0 Å². The average Bonchev–Trinajstić information content (AvgIpc) is 1.84. The zero-order valence-electron chi connectivity index (χ0n) is 5.46. The van der Waals surface area contributed by atoms with Crippen LogP contribution in [0, 0.1) is 0 Å². The number of rotatable bonds is 0. The molecule has 0 heterocycles. The topological polar surface area (TPSA) is 0 Å². The molecule has 0 aromatic heterocycles. The number of hydrogen-bond donors (Lipinski definition) is 0. The van der Waals surface area contributed by atoms with Crippen molar-refractivity contribution in [3.63, 3.8) is 0 Å². The average molecular weight is 117 g/mol. The van der Waals surface area contributed by atoms with Crippen molar-refractivity contribution in [3.05, 3.63) is 12.1 Å². The third kappa shape index (κ3) is 1.31. The molecule has 0 bridgehead atoms. The second-order valence-electron chi connectivity index (χ2n) is 2.11. The summed E-state index contributed by atoms with van der Waals surface area (Å²) in [5.74, 6) is 0. The van der Waals surface area contributed by atoms with E-state index in [9.17, 15) is 0 Å². The standard InChI is InChI=1S/C6H2B4/c7-3-1-4(8)6(10)2-5(3)9/h1-2H. The van der Waals surface area contributed by atoms with Crippen molar-refractivity contribution in [2.24, 2.45) is 0 Å². The van der Waals surface area contributed by atoms with Crippen LogP contribution in [0.3, 0.4) is 0 Å². The van der Waals surface area contributed by atoms with Gasteiger partial charge in [0.2, 0.25) is 0 Å². The van der Waals surface area contributed by atoms with Crippen LogP contribution in [0.25, 0.3) is 0 Å². The summed E-state index contributed by atoms with van der Waals surface area (Å²) in [5, 5.41) is 0. The van der Waals surface area contributed by atoms with Gasteiger partial charge in [-0.3, -0.25) is 0 Å². The van der Waals surface area contributed by atoms with Crippen LogP contribution in [0.15, 0.2) is 12.1 Å². The molecule has 0 spiro atoms. The first-order valence-electron chi connectivity index (χ1n) is 2.81. The van der Waals surface area contributed by atoms with Crippen LogP contribution in [-0.2, 0) is 0 Å². The second kappa shape index (κ2) is 2.61. The lowest BCUT2D eigenvalue weighted by Gasteiger charge is -2.05. The molecule has 0 aliphatic carbocycles. The molecule has 1 aromatic carbocycles. The van der Waals surface area contributed by atoms with Gasteiger partial charge in [0.05, 0.1) is 0 Å². The fraction of sp³-hybridized carbons (Fsp3) is 0. The maximum absolute atomic E-state index is 5.43. The predicted octanol–water partition coefficient (Wildman–Crippen LogP) is -3.14. The molecule has 0 saturated heterocycles. The summed E-state index contributed by atoms with van der Waals surface area (Å²) in [4.78, 5) is 0. The van der Waals surface area contributed by atoms with E-state index in [1.54, 1.807) is 12.1 Å². The van der Waals surface area contributed by atoms with E-state index in [-0.39, 0.29) is 0 Å². The SMILES string of the molecule is [B]c1cc([B])c([B])cc1[B]. The van der Waals surface area contributed by atoms with Crippen LogP contribution in [0.5, 0.6) is 0 Å². The molecule has 0 aliphatic heterocycles. The van der Waals surface area contributed by atoms with Crippen molar-refractivity contribution in [2.45, 2.75) is 0 Å². The molecular weight excluding hydrogens is 115 g/mol. The Bertz CT molecular complexity index is 206. The summed E-state index contributed by atoms with van der Waals surface area (Å²) >= 11 is 0. The Morgan fingerprint density at radius 2 is 0.800 bits per heavy atom. The van der Waals surface area contributed by atoms with Gasteiger partial charge in [-0.2, -0.15) is 0 Å². The molecule has 0 N–H and O–H groups in total. The molecule has 0 saturated carbocycles. The smallest absolute Gasteiger partial charge is 0.104 e. The van der Waals surface area contributed by atoms with Crippen molar-refractivity contribution in [2.75, 3.05) is 0 Å². The van der Waals surface area contributed by atoms with Gasteiger partial charge in [-0.1, -0.05) is 12.1 Å². The van der Waals surface area contributed by atoms with E-state index < -0.39 is 0 Å². The van der Waals surface area contributed by atoms with Crippen LogP contribution in [0.4, 0.5) is 0 Å². The highest BCUT2D eigenvalue weighted by Crippen LogP contribution is 1.66. The third-order valence-corrected chi connectivity index (χ3v) is 1.29. The highest BCUT2D eigenvalue weighted by molar-refractivity contribution is 6.55. The third-order valence-electron chi connectivity index (χ3n) is 1.29. The fourth-order valence-corrected chi connectivity index (χ4v) is 0.668. The Morgan fingerprint density at radius 1 is 0.600 bits per heavy atom. The molecule has 10 heavy (non-hydrogen) atoms. The first-order valence-corrected chi connectivity index (χ1v) is 2.81. The Morgan fingerprint density at radius 3 is 1.00 bits per heavy atom. The molecule has 0 fully saturated rings. The summed E-state index contributed by atoms with van der Waals surface area (Å²) in [5.41, 5.74) is 1.86. The molecule has 0 unspecified atom stereocenters. The van der Waals surface area contributed by atoms with E-state index in [2.05, 4.69) is 0 Å². The van der Waals surface area contributed by atoms with E-state index in [0.29, 0.717) is 21.9 Å². The highest BCUT2D eigenvalue weighted by atomic mass is 13.9. The van der Waals surface area contributed by atoms with Gasteiger partial charge < -0.3 is 0 Å². The molecule has 1 rings (SSSR count). The quantitative estimate of drug-likeness (QED) is 0.315. The first kappa shape index (κ1) is 7.59. The number of benzene rings is 1. The lowest BCUT2D eigenvalue weighted by Crippen LogP contribution is -2.38. The molecule has 38 valence electrons. The Labute approximate surface area is 66.0 Å². The fourth-order valence-electron chi connectivity index (χ4n) is 0.668. The first-order chi connectivity index (χ1) is 4.61. The summed E-state index contributed by atoms with van der Waals surface area (Å²) in [6.45, 7) is 0. The zero-order valence-corrected chi connectivity index (χ0v) is 5.46. The van der Waals surface area contributed by atoms with E-state index in [1.807, 2.05) is 0 Å². The minimum Gasteiger partial charge on any atom is -0.104 e. The van der Waals surface area contributed by atoms with Crippen LogP contribution < -0.4 is 21.9 Å². The lowest BCUT2D eigenvalue weighted by atomic mass is 9.71. The maximum atomic E-state index is 5.43.